The van der Waals surface area contributed by atoms with Gasteiger partial charge in [0.2, 0.25) is 0 Å². The molecular weight excluding hydrogens is 228 g/mol. The Labute approximate surface area is 123 Å². The van der Waals surface area contributed by atoms with E-state index in [2.05, 4.69) is 34.6 Å². The Morgan fingerprint density at radius 1 is 0.579 bits per heavy atom. The van der Waals surface area contributed by atoms with Gasteiger partial charge >= 0.3 is 0 Å². The first-order valence-corrected chi connectivity index (χ1v) is 9.02. The van der Waals surface area contributed by atoms with Gasteiger partial charge in [0, 0.05) is 0 Å². The second kappa shape index (κ2) is 11.8. The third-order valence-corrected chi connectivity index (χ3v) is 4.54. The minimum absolute atomic E-state index is 0.509. The lowest BCUT2D eigenvalue weighted by Gasteiger charge is -2.31. The fraction of sp³-hybridized carbons (Fsp3) is 1.00. The minimum Gasteiger partial charge on any atom is -0.0654 e. The maximum Gasteiger partial charge on any atom is -0.0354 e. The van der Waals surface area contributed by atoms with E-state index in [1.807, 2.05) is 0 Å². The Balaban J connectivity index is 3.77. The molecule has 0 fully saturated rings. The molecule has 0 aliphatic carbocycles. The van der Waals surface area contributed by atoms with E-state index in [-0.39, 0.29) is 0 Å². The normalized spacial score (nSPS) is 12.3. The van der Waals surface area contributed by atoms with Gasteiger partial charge in [0.25, 0.3) is 0 Å². The van der Waals surface area contributed by atoms with Crippen molar-refractivity contribution in [1.82, 2.24) is 0 Å². The molecule has 0 saturated heterocycles. The van der Waals surface area contributed by atoms with Crippen molar-refractivity contribution >= 4 is 0 Å². The van der Waals surface area contributed by atoms with E-state index in [4.69, 9.17) is 0 Å². The monoisotopic (exact) mass is 268 g/mol. The van der Waals surface area contributed by atoms with Crippen molar-refractivity contribution in [3.8, 4) is 0 Å². The second-order valence-corrected chi connectivity index (χ2v) is 7.47. The standard InChI is InChI=1S/C19H40/c1-6-8-10-12-14-16-18(19(3,4)5)17-15-13-11-9-7-2/h18H,6-17H2,1-5H3. The zero-order chi connectivity index (χ0) is 14.6. The van der Waals surface area contributed by atoms with Crippen LogP contribution in [0.15, 0.2) is 0 Å². The predicted octanol–water partition coefficient (Wildman–Crippen LogP) is 7.37. The lowest BCUT2D eigenvalue weighted by molar-refractivity contribution is 0.201. The van der Waals surface area contributed by atoms with Crippen LogP contribution in [0.4, 0.5) is 0 Å². The average Bonchev–Trinajstić information content (AvgIpc) is 2.34. The van der Waals surface area contributed by atoms with Gasteiger partial charge in [-0.2, -0.15) is 0 Å². The van der Waals surface area contributed by atoms with Crippen molar-refractivity contribution in [3.63, 3.8) is 0 Å². The number of rotatable bonds is 12. The highest BCUT2D eigenvalue weighted by atomic mass is 14.3. The van der Waals surface area contributed by atoms with Gasteiger partial charge in [-0.25, -0.2) is 0 Å². The highest BCUT2D eigenvalue weighted by Gasteiger charge is 2.23. The molecule has 19 heavy (non-hydrogen) atoms. The van der Waals surface area contributed by atoms with Crippen molar-refractivity contribution in [2.24, 2.45) is 11.3 Å². The molecule has 0 aromatic heterocycles. The second-order valence-electron chi connectivity index (χ2n) is 7.47. The molecular formula is C19H40. The predicted molar refractivity (Wildman–Crippen MR) is 89.7 cm³/mol. The number of hydrogen-bond donors (Lipinski definition) is 0. The summed E-state index contributed by atoms with van der Waals surface area (Å²) in [6.07, 6.45) is 17.2. The van der Waals surface area contributed by atoms with Gasteiger partial charge in [0.1, 0.15) is 0 Å². The summed E-state index contributed by atoms with van der Waals surface area (Å²) in [6.45, 7) is 11.9. The molecule has 0 unspecified atom stereocenters. The van der Waals surface area contributed by atoms with Crippen LogP contribution in [-0.4, -0.2) is 0 Å². The molecule has 0 spiro atoms. The zero-order valence-corrected chi connectivity index (χ0v) is 14.6. The Bertz CT molecular complexity index is 161. The van der Waals surface area contributed by atoms with Crippen LogP contribution in [0.5, 0.6) is 0 Å². The lowest BCUT2D eigenvalue weighted by Crippen LogP contribution is -2.20. The molecule has 0 N–H and O–H groups in total. The van der Waals surface area contributed by atoms with E-state index >= 15 is 0 Å². The van der Waals surface area contributed by atoms with Crippen LogP contribution in [-0.2, 0) is 0 Å². The van der Waals surface area contributed by atoms with Crippen molar-refractivity contribution < 1.29 is 0 Å². The van der Waals surface area contributed by atoms with Gasteiger partial charge in [0.05, 0.1) is 0 Å². The molecule has 116 valence electrons. The maximum absolute atomic E-state index is 2.44. The summed E-state index contributed by atoms with van der Waals surface area (Å²) in [6, 6.07) is 0. The third-order valence-electron chi connectivity index (χ3n) is 4.54. The zero-order valence-electron chi connectivity index (χ0n) is 14.6. The first-order chi connectivity index (χ1) is 9.02. The average molecular weight is 269 g/mol. The smallest absolute Gasteiger partial charge is 0.0354 e. The largest absolute Gasteiger partial charge is 0.0654 e. The summed E-state index contributed by atoms with van der Waals surface area (Å²) in [5.41, 5.74) is 0.509. The quantitative estimate of drug-likeness (QED) is 0.324. The van der Waals surface area contributed by atoms with Gasteiger partial charge in [-0.3, -0.25) is 0 Å². The van der Waals surface area contributed by atoms with Crippen molar-refractivity contribution in [3.05, 3.63) is 0 Å². The van der Waals surface area contributed by atoms with Crippen LogP contribution >= 0.6 is 0 Å². The molecule has 0 aromatic carbocycles. The summed E-state index contributed by atoms with van der Waals surface area (Å²) in [5.74, 6) is 0.941. The maximum atomic E-state index is 2.44. The first-order valence-electron chi connectivity index (χ1n) is 9.02. The van der Waals surface area contributed by atoms with Crippen LogP contribution in [0.3, 0.4) is 0 Å². The molecule has 0 aromatic rings. The molecule has 0 heteroatoms. The van der Waals surface area contributed by atoms with Gasteiger partial charge in [-0.15, -0.1) is 0 Å². The Hall–Kier alpha value is 0. The van der Waals surface area contributed by atoms with Crippen LogP contribution in [0.1, 0.15) is 112 Å². The molecule has 0 atom stereocenters. The SMILES string of the molecule is CCCCCCCC(CCCCCCC)C(C)(C)C. The lowest BCUT2D eigenvalue weighted by atomic mass is 9.75. The number of hydrogen-bond acceptors (Lipinski definition) is 0. The summed E-state index contributed by atoms with van der Waals surface area (Å²) in [7, 11) is 0. The van der Waals surface area contributed by atoms with Crippen LogP contribution < -0.4 is 0 Å². The number of unbranched alkanes of at least 4 members (excludes halogenated alkanes) is 8. The van der Waals surface area contributed by atoms with Crippen molar-refractivity contribution in [2.75, 3.05) is 0 Å². The van der Waals surface area contributed by atoms with Crippen LogP contribution in [0.25, 0.3) is 0 Å². The molecule has 0 aliphatic heterocycles. The van der Waals surface area contributed by atoms with Gasteiger partial charge in [-0.05, 0) is 24.2 Å². The summed E-state index contributed by atoms with van der Waals surface area (Å²) in [4.78, 5) is 0. The highest BCUT2D eigenvalue weighted by molar-refractivity contribution is 4.74. The van der Waals surface area contributed by atoms with Crippen LogP contribution in [0.2, 0.25) is 0 Å². The fourth-order valence-electron chi connectivity index (χ4n) is 3.00. The minimum atomic E-state index is 0.509. The molecule has 0 aliphatic rings. The topological polar surface area (TPSA) is 0 Å². The van der Waals surface area contributed by atoms with E-state index in [0.717, 1.165) is 5.92 Å². The Kier molecular flexibility index (Phi) is 11.8. The van der Waals surface area contributed by atoms with Crippen LogP contribution in [0, 0.1) is 11.3 Å². The molecule has 0 saturated carbocycles. The van der Waals surface area contributed by atoms with E-state index < -0.39 is 0 Å². The molecule has 0 amide bonds. The van der Waals surface area contributed by atoms with Gasteiger partial charge in [0.15, 0.2) is 0 Å². The first kappa shape index (κ1) is 19.0. The van der Waals surface area contributed by atoms with E-state index in [9.17, 15) is 0 Å². The van der Waals surface area contributed by atoms with E-state index in [1.165, 1.54) is 77.0 Å². The summed E-state index contributed by atoms with van der Waals surface area (Å²) < 4.78 is 0. The molecule has 0 rings (SSSR count). The van der Waals surface area contributed by atoms with Crippen molar-refractivity contribution in [2.45, 2.75) is 112 Å². The third kappa shape index (κ3) is 11.5. The van der Waals surface area contributed by atoms with E-state index in [0.29, 0.717) is 5.41 Å². The van der Waals surface area contributed by atoms with E-state index in [1.54, 1.807) is 0 Å². The Morgan fingerprint density at radius 2 is 0.947 bits per heavy atom. The summed E-state index contributed by atoms with van der Waals surface area (Å²) >= 11 is 0. The van der Waals surface area contributed by atoms with Gasteiger partial charge in [-0.1, -0.05) is 98.8 Å². The molecule has 0 heterocycles. The molecule has 0 nitrogen and oxygen atoms in total. The Morgan fingerprint density at radius 3 is 1.26 bits per heavy atom. The molecule has 0 radical (unpaired) electrons. The van der Waals surface area contributed by atoms with Crippen molar-refractivity contribution in [1.29, 1.82) is 0 Å². The summed E-state index contributed by atoms with van der Waals surface area (Å²) in [5, 5.41) is 0. The fourth-order valence-corrected chi connectivity index (χ4v) is 3.00. The molecule has 0 bridgehead atoms. The highest BCUT2D eigenvalue weighted by Crippen LogP contribution is 2.34. The van der Waals surface area contributed by atoms with Gasteiger partial charge < -0.3 is 0 Å².